The predicted octanol–water partition coefficient (Wildman–Crippen LogP) is -0.157. The van der Waals surface area contributed by atoms with Crippen LogP contribution in [0, 0.1) is 5.92 Å². The Morgan fingerprint density at radius 2 is 1.88 bits per heavy atom. The van der Waals surface area contributed by atoms with Crippen LogP contribution < -0.4 is 11.5 Å². The Bertz CT molecular complexity index is 772. The van der Waals surface area contributed by atoms with Crippen molar-refractivity contribution in [1.82, 2.24) is 4.90 Å². The van der Waals surface area contributed by atoms with E-state index in [4.69, 9.17) is 11.5 Å². The summed E-state index contributed by atoms with van der Waals surface area (Å²) in [4.78, 5) is 28.9. The second-order valence-corrected chi connectivity index (χ2v) is 7.58. The zero-order valence-electron chi connectivity index (χ0n) is 13.4. The van der Waals surface area contributed by atoms with Gasteiger partial charge in [-0.3, -0.25) is 14.5 Å². The van der Waals surface area contributed by atoms with E-state index in [0.29, 0.717) is 6.42 Å². The number of hydrogen-bond donors (Lipinski definition) is 2. The maximum absolute atomic E-state index is 12.9. The van der Waals surface area contributed by atoms with Crippen molar-refractivity contribution in [2.24, 2.45) is 22.4 Å². The monoisotopic (exact) mass is 352 g/mol. The van der Waals surface area contributed by atoms with Gasteiger partial charge in [0.25, 0.3) is 0 Å². The van der Waals surface area contributed by atoms with E-state index in [1.807, 2.05) is 0 Å². The van der Waals surface area contributed by atoms with Crippen molar-refractivity contribution in [2.75, 3.05) is 0 Å². The summed E-state index contributed by atoms with van der Waals surface area (Å²) >= 11 is 0. The quantitative estimate of drug-likeness (QED) is 0.429. The standard InChI is InChI=1S/C15H20N4O4S/c1-3-11(18-15(16)17)12-13(21)19(9(2)20)14(12)24(22,23)10-7-5-4-6-8-10/h4-8,11-12,14H,3H2,1-2H3,(H4,16,17,18)/t11?,12-,14+/m0/s1. The number of guanidine groups is 1. The molecule has 0 aromatic heterocycles. The molecule has 1 aliphatic heterocycles. The third kappa shape index (κ3) is 2.99. The number of amides is 2. The average Bonchev–Trinajstić information content (AvgIpc) is 2.51. The van der Waals surface area contributed by atoms with Gasteiger partial charge in [-0.1, -0.05) is 25.1 Å². The average molecular weight is 352 g/mol. The molecule has 3 atom stereocenters. The number of aliphatic imine (C=N–C) groups is 1. The summed E-state index contributed by atoms with van der Waals surface area (Å²) in [6.45, 7) is 2.90. The number of likely N-dealkylation sites (tertiary alicyclic amines) is 1. The number of benzene rings is 1. The molecule has 1 aromatic carbocycles. The van der Waals surface area contributed by atoms with Gasteiger partial charge in [0.15, 0.2) is 11.3 Å². The fourth-order valence-corrected chi connectivity index (χ4v) is 4.90. The molecule has 4 N–H and O–H groups in total. The van der Waals surface area contributed by atoms with Crippen molar-refractivity contribution >= 4 is 27.6 Å². The topological polar surface area (TPSA) is 136 Å². The Morgan fingerprint density at radius 3 is 2.33 bits per heavy atom. The highest BCUT2D eigenvalue weighted by molar-refractivity contribution is 7.92. The third-order valence-corrected chi connectivity index (χ3v) is 6.03. The summed E-state index contributed by atoms with van der Waals surface area (Å²) < 4.78 is 25.9. The Kier molecular flexibility index (Phi) is 4.93. The van der Waals surface area contributed by atoms with Crippen molar-refractivity contribution in [3.63, 3.8) is 0 Å². The van der Waals surface area contributed by atoms with Gasteiger partial charge in [-0.15, -0.1) is 0 Å². The maximum Gasteiger partial charge on any atom is 0.238 e. The number of carbonyl (C=O) groups is 2. The van der Waals surface area contributed by atoms with Gasteiger partial charge >= 0.3 is 0 Å². The molecule has 9 heteroatoms. The van der Waals surface area contributed by atoms with Gasteiger partial charge in [0.05, 0.1) is 16.9 Å². The van der Waals surface area contributed by atoms with Gasteiger partial charge in [0, 0.05) is 6.92 Å². The molecule has 1 fully saturated rings. The molecule has 2 rings (SSSR count). The van der Waals surface area contributed by atoms with Crippen LogP contribution in [0.15, 0.2) is 40.2 Å². The summed E-state index contributed by atoms with van der Waals surface area (Å²) in [5.74, 6) is -2.43. The molecule has 2 amide bonds. The first kappa shape index (κ1) is 17.9. The fourth-order valence-electron chi connectivity index (χ4n) is 2.87. The normalized spacial score (nSPS) is 21.8. The van der Waals surface area contributed by atoms with E-state index in [9.17, 15) is 18.0 Å². The Hall–Kier alpha value is -2.42. The molecule has 24 heavy (non-hydrogen) atoms. The lowest BCUT2D eigenvalue weighted by molar-refractivity contribution is -0.161. The molecule has 1 saturated heterocycles. The number of imide groups is 1. The minimum absolute atomic E-state index is 0.0401. The van der Waals surface area contributed by atoms with Crippen LogP contribution in [0.1, 0.15) is 20.3 Å². The fraction of sp³-hybridized carbons (Fsp3) is 0.400. The second-order valence-electron chi connectivity index (χ2n) is 5.53. The first-order valence-corrected chi connectivity index (χ1v) is 8.97. The van der Waals surface area contributed by atoms with Crippen LogP contribution in [0.4, 0.5) is 0 Å². The Balaban J connectivity index is 2.51. The summed E-state index contributed by atoms with van der Waals surface area (Å²) in [7, 11) is -3.94. The SMILES string of the molecule is CCC(N=C(N)N)[C@H]1C(=O)N(C(C)=O)[C@@H]1S(=O)(=O)c1ccccc1. The molecule has 8 nitrogen and oxygen atoms in total. The molecule has 1 aliphatic rings. The van der Waals surface area contributed by atoms with Crippen LogP contribution in [0.5, 0.6) is 0 Å². The molecule has 0 radical (unpaired) electrons. The maximum atomic E-state index is 12.9. The van der Waals surface area contributed by atoms with Gasteiger partial charge in [-0.05, 0) is 18.6 Å². The van der Waals surface area contributed by atoms with E-state index in [1.165, 1.54) is 12.1 Å². The van der Waals surface area contributed by atoms with Crippen LogP contribution in [-0.4, -0.2) is 42.5 Å². The summed E-state index contributed by atoms with van der Waals surface area (Å²) in [6, 6.07) is 6.98. The highest BCUT2D eigenvalue weighted by atomic mass is 32.2. The van der Waals surface area contributed by atoms with Gasteiger partial charge in [0.2, 0.25) is 21.7 Å². The molecule has 1 aromatic rings. The summed E-state index contributed by atoms with van der Waals surface area (Å²) in [6.07, 6.45) is 0.362. The van der Waals surface area contributed by atoms with Crippen molar-refractivity contribution in [3.8, 4) is 0 Å². The van der Waals surface area contributed by atoms with E-state index >= 15 is 0 Å². The first-order valence-electron chi connectivity index (χ1n) is 7.43. The van der Waals surface area contributed by atoms with E-state index in [0.717, 1.165) is 11.8 Å². The van der Waals surface area contributed by atoms with Gasteiger partial charge in [-0.2, -0.15) is 0 Å². The number of sulfone groups is 1. The number of carbonyl (C=O) groups excluding carboxylic acids is 2. The Labute approximate surface area is 140 Å². The van der Waals surface area contributed by atoms with Crippen LogP contribution in [0.2, 0.25) is 0 Å². The van der Waals surface area contributed by atoms with Crippen molar-refractivity contribution < 1.29 is 18.0 Å². The number of nitrogens with zero attached hydrogens (tertiary/aromatic N) is 2. The van der Waals surface area contributed by atoms with Crippen LogP contribution in [0.3, 0.4) is 0 Å². The third-order valence-electron chi connectivity index (χ3n) is 3.96. The molecule has 130 valence electrons. The minimum atomic E-state index is -3.94. The van der Waals surface area contributed by atoms with E-state index < -0.39 is 39.0 Å². The van der Waals surface area contributed by atoms with Crippen LogP contribution in [0.25, 0.3) is 0 Å². The molecular weight excluding hydrogens is 332 g/mol. The first-order chi connectivity index (χ1) is 11.2. The molecular formula is C15H20N4O4S. The predicted molar refractivity (Wildman–Crippen MR) is 88.3 cm³/mol. The zero-order valence-corrected chi connectivity index (χ0v) is 14.2. The number of β-lactam (4-membered cyclic amide) rings is 1. The smallest absolute Gasteiger partial charge is 0.238 e. The van der Waals surface area contributed by atoms with Crippen LogP contribution in [-0.2, 0) is 19.4 Å². The summed E-state index contributed by atoms with van der Waals surface area (Å²) in [5, 5.41) is -1.31. The van der Waals surface area contributed by atoms with Gasteiger partial charge < -0.3 is 11.5 Å². The minimum Gasteiger partial charge on any atom is -0.370 e. The molecule has 0 saturated carbocycles. The van der Waals surface area contributed by atoms with Crippen molar-refractivity contribution in [1.29, 1.82) is 0 Å². The van der Waals surface area contributed by atoms with Gasteiger partial charge in [0.1, 0.15) is 0 Å². The molecule has 0 aliphatic carbocycles. The Morgan fingerprint density at radius 1 is 1.29 bits per heavy atom. The van der Waals surface area contributed by atoms with Crippen molar-refractivity contribution in [2.45, 2.75) is 36.6 Å². The lowest BCUT2D eigenvalue weighted by Gasteiger charge is -2.46. The number of hydrogen-bond acceptors (Lipinski definition) is 5. The summed E-state index contributed by atoms with van der Waals surface area (Å²) in [5.41, 5.74) is 10.8. The largest absolute Gasteiger partial charge is 0.370 e. The zero-order chi connectivity index (χ0) is 18.1. The van der Waals surface area contributed by atoms with E-state index in [2.05, 4.69) is 4.99 Å². The number of rotatable bonds is 5. The molecule has 1 unspecified atom stereocenters. The molecule has 0 bridgehead atoms. The molecule has 0 spiro atoms. The number of nitrogens with two attached hydrogens (primary N) is 2. The highest BCUT2D eigenvalue weighted by Crippen LogP contribution is 2.38. The van der Waals surface area contributed by atoms with Crippen LogP contribution >= 0.6 is 0 Å². The lowest BCUT2D eigenvalue weighted by Crippen LogP contribution is -2.68. The van der Waals surface area contributed by atoms with Gasteiger partial charge in [-0.25, -0.2) is 13.4 Å². The van der Waals surface area contributed by atoms with E-state index in [-0.39, 0.29) is 10.9 Å². The van der Waals surface area contributed by atoms with E-state index in [1.54, 1.807) is 25.1 Å². The van der Waals surface area contributed by atoms with Crippen molar-refractivity contribution in [3.05, 3.63) is 30.3 Å². The highest BCUT2D eigenvalue weighted by Gasteiger charge is 2.59. The second kappa shape index (κ2) is 6.60. The molecule has 1 heterocycles. The lowest BCUT2D eigenvalue weighted by atomic mass is 9.88.